The fourth-order valence-corrected chi connectivity index (χ4v) is 6.59. The van der Waals surface area contributed by atoms with Crippen molar-refractivity contribution in [2.45, 2.75) is 45.1 Å². The van der Waals surface area contributed by atoms with Crippen LogP contribution >= 0.6 is 34.4 Å². The Kier molecular flexibility index (Phi) is 9.54. The van der Waals surface area contributed by atoms with Gasteiger partial charge in [0.15, 0.2) is 6.04 Å². The Morgan fingerprint density at radius 3 is 2.42 bits per heavy atom. The van der Waals surface area contributed by atoms with E-state index >= 15 is 0 Å². The number of hydrogen-bond acceptors (Lipinski definition) is 6. The normalized spacial score (nSPS) is 15.2. The van der Waals surface area contributed by atoms with Gasteiger partial charge in [0.25, 0.3) is 17.7 Å². The molecule has 0 fully saturated rings. The maximum Gasteiger partial charge on any atom is 0.416 e. The van der Waals surface area contributed by atoms with Crippen molar-refractivity contribution in [3.8, 4) is 0 Å². The minimum atomic E-state index is -4.55. The molecule has 13 heteroatoms. The van der Waals surface area contributed by atoms with Gasteiger partial charge >= 0.3 is 6.18 Å². The van der Waals surface area contributed by atoms with Gasteiger partial charge in [0.1, 0.15) is 0 Å². The molecule has 0 aliphatic carbocycles. The van der Waals surface area contributed by atoms with Crippen molar-refractivity contribution in [2.24, 2.45) is 16.1 Å². The van der Waals surface area contributed by atoms with Gasteiger partial charge in [-0.1, -0.05) is 35.6 Å². The summed E-state index contributed by atoms with van der Waals surface area (Å²) in [6.45, 7) is 5.73. The van der Waals surface area contributed by atoms with Crippen LogP contribution in [0.2, 0.25) is 0 Å². The van der Waals surface area contributed by atoms with Gasteiger partial charge in [-0.3, -0.25) is 14.4 Å². The van der Waals surface area contributed by atoms with Crippen molar-refractivity contribution < 1.29 is 27.6 Å². The number of halogens is 4. The first-order chi connectivity index (χ1) is 20.2. The van der Waals surface area contributed by atoms with E-state index in [2.05, 4.69) is 10.3 Å². The lowest BCUT2D eigenvalue weighted by atomic mass is 9.97. The number of rotatable bonds is 9. The van der Waals surface area contributed by atoms with Crippen molar-refractivity contribution in [3.63, 3.8) is 0 Å². The maximum atomic E-state index is 14.1. The van der Waals surface area contributed by atoms with Crippen LogP contribution in [-0.2, 0) is 17.5 Å². The van der Waals surface area contributed by atoms with E-state index < -0.39 is 35.1 Å². The summed E-state index contributed by atoms with van der Waals surface area (Å²) in [5, 5.41) is 8.98. The van der Waals surface area contributed by atoms with Crippen LogP contribution in [-0.4, -0.2) is 40.3 Å². The number of benzene rings is 3. The van der Waals surface area contributed by atoms with Crippen LogP contribution in [0.3, 0.4) is 0 Å². The van der Waals surface area contributed by atoms with Crippen molar-refractivity contribution in [1.82, 2.24) is 5.01 Å². The van der Waals surface area contributed by atoms with Crippen LogP contribution in [0.4, 0.5) is 18.9 Å². The molecule has 3 aromatic rings. The Morgan fingerprint density at radius 2 is 1.79 bits per heavy atom. The molecule has 2 N–H and O–H groups in total. The predicted molar refractivity (Wildman–Crippen MR) is 168 cm³/mol. The van der Waals surface area contributed by atoms with E-state index in [4.69, 9.17) is 5.73 Å². The Labute approximate surface area is 265 Å². The number of amides is 3. The standard InChI is InChI=1S/C30H29F3IN5O3S/c1-17-13-18(15-38-28(42)25(36-37-38)19-7-5-8-20(14-19)30(31,32)33)11-12-23(17)39(29(2,3)16-43-4)27(41)21-9-6-10-22(34)24(21)26(35)40/h5-14,25H,15-16H2,1-4H3,(H2,35,40). The second-order valence-corrected chi connectivity index (χ2v) is 12.7. The zero-order valence-electron chi connectivity index (χ0n) is 23.8. The fraction of sp³-hybridized carbons (Fsp3) is 0.300. The molecule has 1 atom stereocenters. The molecule has 0 radical (unpaired) electrons. The molecule has 43 heavy (non-hydrogen) atoms. The van der Waals surface area contributed by atoms with Crippen LogP contribution in [0.1, 0.15) is 62.9 Å². The topological polar surface area (TPSA) is 108 Å². The number of carbonyl (C=O) groups excluding carboxylic acids is 3. The maximum absolute atomic E-state index is 14.1. The highest BCUT2D eigenvalue weighted by molar-refractivity contribution is 14.1. The van der Waals surface area contributed by atoms with Crippen LogP contribution in [0, 0.1) is 10.5 Å². The zero-order chi connectivity index (χ0) is 31.7. The average Bonchev–Trinajstić information content (AvgIpc) is 3.28. The quantitative estimate of drug-likeness (QED) is 0.241. The molecule has 1 aliphatic rings. The minimum absolute atomic E-state index is 0.0315. The number of thioether (sulfide) groups is 1. The number of primary amides is 1. The largest absolute Gasteiger partial charge is 0.416 e. The highest BCUT2D eigenvalue weighted by atomic mass is 127. The Hall–Kier alpha value is -3.46. The molecule has 0 bridgehead atoms. The minimum Gasteiger partial charge on any atom is -0.366 e. The molecule has 3 amide bonds. The third kappa shape index (κ3) is 6.87. The lowest BCUT2D eigenvalue weighted by molar-refractivity contribution is -0.138. The number of nitrogens with two attached hydrogens (primary N) is 1. The summed E-state index contributed by atoms with van der Waals surface area (Å²) in [7, 11) is 0. The van der Waals surface area contributed by atoms with Crippen LogP contribution in [0.5, 0.6) is 0 Å². The first-order valence-corrected chi connectivity index (χ1v) is 15.5. The molecule has 3 aromatic carbocycles. The number of alkyl halides is 3. The van der Waals surface area contributed by atoms with Gasteiger partial charge in [0.2, 0.25) is 0 Å². The summed E-state index contributed by atoms with van der Waals surface area (Å²) in [4.78, 5) is 41.1. The molecule has 0 spiro atoms. The van der Waals surface area contributed by atoms with Crippen molar-refractivity contribution in [2.75, 3.05) is 16.9 Å². The summed E-state index contributed by atoms with van der Waals surface area (Å²) >= 11 is 3.55. The molecule has 4 rings (SSSR count). The van der Waals surface area contributed by atoms with Gasteiger partial charge in [-0.05, 0) is 96.6 Å². The van der Waals surface area contributed by atoms with E-state index in [1.807, 2.05) is 55.7 Å². The first-order valence-electron chi connectivity index (χ1n) is 13.1. The Morgan fingerprint density at radius 1 is 1.09 bits per heavy atom. The van der Waals surface area contributed by atoms with Crippen molar-refractivity contribution >= 4 is 57.8 Å². The monoisotopic (exact) mass is 723 g/mol. The second-order valence-electron chi connectivity index (χ2n) is 10.7. The number of nitrogens with zero attached hydrogens (tertiary/aromatic N) is 4. The smallest absolute Gasteiger partial charge is 0.366 e. The van der Waals surface area contributed by atoms with E-state index in [1.165, 1.54) is 12.1 Å². The first kappa shape index (κ1) is 32.5. The number of carbonyl (C=O) groups is 3. The molecule has 0 saturated heterocycles. The summed E-state index contributed by atoms with van der Waals surface area (Å²) in [6, 6.07) is 13.7. The molecular weight excluding hydrogens is 694 g/mol. The van der Waals surface area contributed by atoms with E-state index in [0.29, 0.717) is 20.6 Å². The van der Waals surface area contributed by atoms with Gasteiger partial charge in [0.05, 0.1) is 28.8 Å². The van der Waals surface area contributed by atoms with E-state index in [1.54, 1.807) is 47.0 Å². The molecule has 0 saturated carbocycles. The van der Waals surface area contributed by atoms with Crippen molar-refractivity contribution in [1.29, 1.82) is 0 Å². The third-order valence-electron chi connectivity index (χ3n) is 6.92. The molecule has 0 aromatic heterocycles. The SMILES string of the molecule is CSCC(C)(C)N(C(=O)c1cccc(I)c1C(N)=O)c1ccc(CN2N=NC(c3cccc(C(F)(F)F)c3)C2=O)cc1C. The zero-order valence-corrected chi connectivity index (χ0v) is 26.8. The van der Waals surface area contributed by atoms with Gasteiger partial charge in [-0.15, -0.1) is 0 Å². The van der Waals surface area contributed by atoms with Crippen LogP contribution < -0.4 is 10.6 Å². The molecule has 226 valence electrons. The van der Waals surface area contributed by atoms with E-state index in [0.717, 1.165) is 22.7 Å². The summed E-state index contributed by atoms with van der Waals surface area (Å²) in [5.41, 5.74) is 6.59. The molecule has 1 aliphatic heterocycles. The van der Waals surface area contributed by atoms with Crippen molar-refractivity contribution in [3.05, 3.63) is 97.6 Å². The molecule has 1 unspecified atom stereocenters. The fourth-order valence-electron chi connectivity index (χ4n) is 4.99. The number of hydrogen-bond donors (Lipinski definition) is 1. The van der Waals surface area contributed by atoms with E-state index in [-0.39, 0.29) is 29.1 Å². The Bertz CT molecular complexity index is 1610. The van der Waals surface area contributed by atoms with Gasteiger partial charge in [-0.25, -0.2) is 5.01 Å². The second kappa shape index (κ2) is 12.6. The molecule has 8 nitrogen and oxygen atoms in total. The Balaban J connectivity index is 1.63. The molecular formula is C30H29F3IN5O3S. The van der Waals surface area contributed by atoms with Gasteiger partial charge < -0.3 is 10.6 Å². The third-order valence-corrected chi connectivity index (χ3v) is 8.82. The highest BCUT2D eigenvalue weighted by Gasteiger charge is 2.37. The number of aryl methyl sites for hydroxylation is 1. The highest BCUT2D eigenvalue weighted by Crippen LogP contribution is 2.36. The lowest BCUT2D eigenvalue weighted by Gasteiger charge is -2.39. The summed E-state index contributed by atoms with van der Waals surface area (Å²) in [6.07, 6.45) is -2.61. The average molecular weight is 724 g/mol. The van der Waals surface area contributed by atoms with Gasteiger partial charge in [-0.2, -0.15) is 30.0 Å². The van der Waals surface area contributed by atoms with E-state index in [9.17, 15) is 27.6 Å². The summed E-state index contributed by atoms with van der Waals surface area (Å²) < 4.78 is 40.1. The van der Waals surface area contributed by atoms with Crippen LogP contribution in [0.25, 0.3) is 0 Å². The lowest BCUT2D eigenvalue weighted by Crippen LogP contribution is -2.50. The van der Waals surface area contributed by atoms with Crippen LogP contribution in [0.15, 0.2) is 71.0 Å². The summed E-state index contributed by atoms with van der Waals surface area (Å²) in [5.74, 6) is -1.03. The predicted octanol–water partition coefficient (Wildman–Crippen LogP) is 6.96. The number of anilines is 1. The molecule has 1 heterocycles. The van der Waals surface area contributed by atoms with Gasteiger partial charge in [0, 0.05) is 15.0 Å².